The number of carbonyl (C=O) groups is 1. The Morgan fingerprint density at radius 2 is 1.88 bits per heavy atom. The van der Waals surface area contributed by atoms with Crippen molar-refractivity contribution in [1.29, 1.82) is 5.26 Å². The molecule has 0 unspecified atom stereocenters. The maximum Gasteiger partial charge on any atom is 0.130 e. The number of nitrogens with zero attached hydrogens (tertiary/aromatic N) is 1. The smallest absolute Gasteiger partial charge is 0.130 e. The number of nitriles is 1. The molecule has 0 aromatic heterocycles. The van der Waals surface area contributed by atoms with E-state index < -0.39 is 0 Å². The lowest BCUT2D eigenvalue weighted by molar-refractivity contribution is -0.116. The summed E-state index contributed by atoms with van der Waals surface area (Å²) in [5, 5.41) is 8.50. The fourth-order valence-corrected chi connectivity index (χ4v) is 1.71. The van der Waals surface area contributed by atoms with Crippen molar-refractivity contribution in [2.24, 2.45) is 0 Å². The van der Waals surface area contributed by atoms with Gasteiger partial charge < -0.3 is 4.79 Å². The summed E-state index contributed by atoms with van der Waals surface area (Å²) in [6.45, 7) is 1.62. The summed E-state index contributed by atoms with van der Waals surface area (Å²) in [7, 11) is 0. The van der Waals surface area contributed by atoms with Crippen LogP contribution in [0, 0.1) is 11.3 Å². The van der Waals surface area contributed by atoms with Gasteiger partial charge in [0.1, 0.15) is 5.78 Å². The lowest BCUT2D eigenvalue weighted by Crippen LogP contribution is -1.98. The quantitative estimate of drug-likeness (QED) is 0.684. The maximum atomic E-state index is 10.9. The first-order chi connectivity index (χ1) is 7.74. The molecule has 2 nitrogen and oxygen atoms in total. The molecule has 0 aliphatic heterocycles. The lowest BCUT2D eigenvalue weighted by atomic mass is 9.98. The van der Waals surface area contributed by atoms with E-state index in [1.807, 2.05) is 12.1 Å². The highest BCUT2D eigenvalue weighted by atomic mass is 16.1. The SMILES string of the molecule is CC(=O)CCc1ccccc1CCCC#N. The Labute approximate surface area is 96.9 Å². The van der Waals surface area contributed by atoms with E-state index in [1.165, 1.54) is 11.1 Å². The van der Waals surface area contributed by atoms with Crippen molar-refractivity contribution in [2.45, 2.75) is 39.0 Å². The number of rotatable bonds is 6. The van der Waals surface area contributed by atoms with Crippen molar-refractivity contribution in [3.8, 4) is 6.07 Å². The van der Waals surface area contributed by atoms with Crippen LogP contribution in [0.25, 0.3) is 0 Å². The van der Waals surface area contributed by atoms with Crippen LogP contribution in [-0.2, 0) is 17.6 Å². The summed E-state index contributed by atoms with van der Waals surface area (Å²) in [6, 6.07) is 10.3. The Hall–Kier alpha value is -1.62. The van der Waals surface area contributed by atoms with E-state index in [1.54, 1.807) is 6.92 Å². The van der Waals surface area contributed by atoms with Gasteiger partial charge in [0.15, 0.2) is 0 Å². The fraction of sp³-hybridized carbons (Fsp3) is 0.429. The van der Waals surface area contributed by atoms with Crippen molar-refractivity contribution in [1.82, 2.24) is 0 Å². The molecular formula is C14H17NO. The number of ketones is 1. The summed E-state index contributed by atoms with van der Waals surface area (Å²) in [5.74, 6) is 0.229. The maximum absolute atomic E-state index is 10.9. The number of hydrogen-bond donors (Lipinski definition) is 0. The molecule has 0 N–H and O–H groups in total. The second-order valence-electron chi connectivity index (χ2n) is 3.98. The molecular weight excluding hydrogens is 198 g/mol. The van der Waals surface area contributed by atoms with E-state index in [0.717, 1.165) is 19.3 Å². The van der Waals surface area contributed by atoms with Gasteiger partial charge in [-0.05, 0) is 37.3 Å². The molecule has 1 aromatic rings. The van der Waals surface area contributed by atoms with Gasteiger partial charge in [0.05, 0.1) is 6.07 Å². The fourth-order valence-electron chi connectivity index (χ4n) is 1.71. The average Bonchev–Trinajstić information content (AvgIpc) is 2.28. The molecule has 0 heterocycles. The summed E-state index contributed by atoms with van der Waals surface area (Å²) >= 11 is 0. The molecule has 0 aliphatic carbocycles. The highest BCUT2D eigenvalue weighted by Gasteiger charge is 2.02. The predicted octanol–water partition coefficient (Wildman–Crippen LogP) is 3.05. The van der Waals surface area contributed by atoms with E-state index in [2.05, 4.69) is 18.2 Å². The molecule has 0 bridgehead atoms. The molecule has 0 saturated heterocycles. The number of benzene rings is 1. The monoisotopic (exact) mass is 215 g/mol. The minimum absolute atomic E-state index is 0.229. The molecule has 0 spiro atoms. The Morgan fingerprint density at radius 1 is 1.25 bits per heavy atom. The average molecular weight is 215 g/mol. The van der Waals surface area contributed by atoms with Crippen molar-refractivity contribution in [2.75, 3.05) is 0 Å². The van der Waals surface area contributed by atoms with Gasteiger partial charge in [-0.25, -0.2) is 0 Å². The van der Waals surface area contributed by atoms with Crippen LogP contribution < -0.4 is 0 Å². The van der Waals surface area contributed by atoms with Crippen molar-refractivity contribution in [3.63, 3.8) is 0 Å². The third-order valence-corrected chi connectivity index (χ3v) is 2.60. The van der Waals surface area contributed by atoms with Crippen LogP contribution in [0.4, 0.5) is 0 Å². The molecule has 0 amide bonds. The van der Waals surface area contributed by atoms with Gasteiger partial charge in [-0.2, -0.15) is 5.26 Å². The molecule has 1 rings (SSSR count). The second kappa shape index (κ2) is 6.79. The highest BCUT2D eigenvalue weighted by Crippen LogP contribution is 2.14. The third-order valence-electron chi connectivity index (χ3n) is 2.60. The first kappa shape index (κ1) is 12.4. The molecule has 0 atom stereocenters. The first-order valence-corrected chi connectivity index (χ1v) is 5.67. The Balaban J connectivity index is 2.60. The number of aryl methyl sites for hydroxylation is 2. The topological polar surface area (TPSA) is 40.9 Å². The number of Topliss-reactive ketones (excluding diaryl/α,β-unsaturated/α-hetero) is 1. The van der Waals surface area contributed by atoms with Crippen LogP contribution in [0.1, 0.15) is 37.3 Å². The summed E-state index contributed by atoms with van der Waals surface area (Å²) in [5.41, 5.74) is 2.52. The Bertz CT molecular complexity index is 390. The number of unbranched alkanes of at least 4 members (excludes halogenated alkanes) is 1. The largest absolute Gasteiger partial charge is 0.300 e. The van der Waals surface area contributed by atoms with E-state index in [0.29, 0.717) is 12.8 Å². The van der Waals surface area contributed by atoms with E-state index in [-0.39, 0.29) is 5.78 Å². The third kappa shape index (κ3) is 4.27. The summed E-state index contributed by atoms with van der Waals surface area (Å²) < 4.78 is 0. The predicted molar refractivity (Wildman–Crippen MR) is 64.0 cm³/mol. The lowest BCUT2D eigenvalue weighted by Gasteiger charge is -2.07. The van der Waals surface area contributed by atoms with Crippen LogP contribution >= 0.6 is 0 Å². The zero-order chi connectivity index (χ0) is 11.8. The minimum Gasteiger partial charge on any atom is -0.300 e. The van der Waals surface area contributed by atoms with Crippen LogP contribution in [0.15, 0.2) is 24.3 Å². The Morgan fingerprint density at radius 3 is 2.44 bits per heavy atom. The van der Waals surface area contributed by atoms with Crippen LogP contribution in [0.3, 0.4) is 0 Å². The Kier molecular flexibility index (Phi) is 5.28. The first-order valence-electron chi connectivity index (χ1n) is 5.67. The molecule has 16 heavy (non-hydrogen) atoms. The number of carbonyl (C=O) groups excluding carboxylic acids is 1. The van der Waals surface area contributed by atoms with E-state index in [4.69, 9.17) is 5.26 Å². The van der Waals surface area contributed by atoms with Gasteiger partial charge in [-0.15, -0.1) is 0 Å². The van der Waals surface area contributed by atoms with Gasteiger partial charge in [0.25, 0.3) is 0 Å². The van der Waals surface area contributed by atoms with E-state index >= 15 is 0 Å². The van der Waals surface area contributed by atoms with E-state index in [9.17, 15) is 4.79 Å². The molecule has 2 heteroatoms. The molecule has 0 radical (unpaired) electrons. The van der Waals surface area contributed by atoms with Crippen molar-refractivity contribution in [3.05, 3.63) is 35.4 Å². The van der Waals surface area contributed by atoms with Crippen LogP contribution in [-0.4, -0.2) is 5.78 Å². The molecule has 1 aromatic carbocycles. The van der Waals surface area contributed by atoms with Gasteiger partial charge in [0.2, 0.25) is 0 Å². The zero-order valence-electron chi connectivity index (χ0n) is 9.70. The molecule has 0 fully saturated rings. The number of hydrogen-bond acceptors (Lipinski definition) is 2. The standard InChI is InChI=1S/C14H17NO/c1-12(16)9-10-14-7-3-2-6-13(14)8-4-5-11-15/h2-3,6-7H,4-5,8-10H2,1H3. The van der Waals surface area contributed by atoms with Gasteiger partial charge in [-0.3, -0.25) is 0 Å². The second-order valence-corrected chi connectivity index (χ2v) is 3.98. The van der Waals surface area contributed by atoms with Gasteiger partial charge >= 0.3 is 0 Å². The molecule has 0 saturated carbocycles. The zero-order valence-corrected chi connectivity index (χ0v) is 9.70. The van der Waals surface area contributed by atoms with Gasteiger partial charge in [-0.1, -0.05) is 24.3 Å². The van der Waals surface area contributed by atoms with Crippen molar-refractivity contribution >= 4 is 5.78 Å². The summed E-state index contributed by atoms with van der Waals surface area (Å²) in [4.78, 5) is 10.9. The van der Waals surface area contributed by atoms with Gasteiger partial charge in [0, 0.05) is 12.8 Å². The highest BCUT2D eigenvalue weighted by molar-refractivity contribution is 5.75. The van der Waals surface area contributed by atoms with Crippen molar-refractivity contribution < 1.29 is 4.79 Å². The molecule has 84 valence electrons. The minimum atomic E-state index is 0.229. The van der Waals surface area contributed by atoms with Crippen LogP contribution in [0.2, 0.25) is 0 Å². The van der Waals surface area contributed by atoms with Crippen LogP contribution in [0.5, 0.6) is 0 Å². The summed E-state index contributed by atoms with van der Waals surface area (Å²) in [6.07, 6.45) is 3.85. The normalized spacial score (nSPS) is 9.75. The molecule has 0 aliphatic rings.